The van der Waals surface area contributed by atoms with Gasteiger partial charge in [-0.3, -0.25) is 4.90 Å². The molecule has 2 fully saturated rings. The summed E-state index contributed by atoms with van der Waals surface area (Å²) < 4.78 is 11.2. The number of hydrogen-bond donors (Lipinski definition) is 2. The van der Waals surface area contributed by atoms with Crippen LogP contribution in [0.15, 0.2) is 16.5 Å². The highest BCUT2D eigenvalue weighted by Gasteiger charge is 2.24. The van der Waals surface area contributed by atoms with Crippen molar-refractivity contribution in [3.8, 4) is 0 Å². The summed E-state index contributed by atoms with van der Waals surface area (Å²) in [5, 5.41) is 15.1. The summed E-state index contributed by atoms with van der Waals surface area (Å²) in [6.07, 6.45) is 1.84. The number of anilines is 2. The second kappa shape index (κ2) is 9.87. The van der Waals surface area contributed by atoms with Crippen LogP contribution in [0, 0.1) is 13.8 Å². The van der Waals surface area contributed by atoms with E-state index in [1.807, 2.05) is 13.8 Å². The predicted molar refractivity (Wildman–Crippen MR) is 122 cm³/mol. The minimum atomic E-state index is -0.218. The number of aryl methyl sites for hydroxylation is 1. The topological polar surface area (TPSA) is 95.8 Å². The maximum Gasteiger partial charge on any atom is 0.410 e. The molecule has 1 amide bonds. The lowest BCUT2D eigenvalue weighted by Gasteiger charge is -2.34. The number of carbonyl (C=O) groups is 1. The van der Waals surface area contributed by atoms with E-state index in [9.17, 15) is 4.79 Å². The molecular weight excluding hydrogens is 408 g/mol. The summed E-state index contributed by atoms with van der Waals surface area (Å²) in [5.74, 6) is 0.643. The summed E-state index contributed by atoms with van der Waals surface area (Å²) in [5.41, 5.74) is 4.57. The third kappa shape index (κ3) is 5.39. The number of aromatic nitrogens is 2. The van der Waals surface area contributed by atoms with Crippen LogP contribution in [0.3, 0.4) is 0 Å². The molecule has 1 aromatic heterocycles. The summed E-state index contributed by atoms with van der Waals surface area (Å²) in [6.45, 7) is 12.8. The Balaban J connectivity index is 1.39. The van der Waals surface area contributed by atoms with Gasteiger partial charge in [-0.1, -0.05) is 11.2 Å². The molecule has 4 rings (SSSR count). The molecule has 2 aliphatic heterocycles. The molecule has 0 aliphatic carbocycles. The monoisotopic (exact) mass is 442 g/mol. The van der Waals surface area contributed by atoms with Gasteiger partial charge in [-0.2, -0.15) is 0 Å². The van der Waals surface area contributed by atoms with Gasteiger partial charge in [0.05, 0.1) is 12.1 Å². The van der Waals surface area contributed by atoms with Crippen LogP contribution in [0.25, 0.3) is 0 Å². The highest BCUT2D eigenvalue weighted by atomic mass is 16.6. The van der Waals surface area contributed by atoms with Crippen molar-refractivity contribution in [2.24, 2.45) is 0 Å². The molecule has 1 aromatic carbocycles. The van der Waals surface area contributed by atoms with Crippen molar-refractivity contribution in [2.45, 2.75) is 59.2 Å². The lowest BCUT2D eigenvalue weighted by atomic mass is 10.0. The van der Waals surface area contributed by atoms with Crippen LogP contribution >= 0.6 is 0 Å². The maximum atomic E-state index is 12.1. The fraction of sp³-hybridized carbons (Fsp3) is 0.609. The number of hydrogen-bond acceptors (Lipinski definition) is 8. The number of rotatable bonds is 6. The number of nitrogens with zero attached hydrogens (tertiary/aromatic N) is 4. The van der Waals surface area contributed by atoms with Crippen molar-refractivity contribution in [1.82, 2.24) is 25.3 Å². The number of piperazine rings is 1. The Labute approximate surface area is 189 Å². The average Bonchev–Trinajstić information content (AvgIpc) is 3.43. The van der Waals surface area contributed by atoms with E-state index in [1.54, 1.807) is 4.90 Å². The fourth-order valence-electron chi connectivity index (χ4n) is 4.27. The number of nitrogens with one attached hydrogen (secondary N) is 2. The van der Waals surface area contributed by atoms with E-state index in [0.717, 1.165) is 50.3 Å². The van der Waals surface area contributed by atoms with Crippen molar-refractivity contribution in [3.63, 3.8) is 0 Å². The molecule has 9 heteroatoms. The summed E-state index contributed by atoms with van der Waals surface area (Å²) in [7, 11) is 0. The van der Waals surface area contributed by atoms with E-state index < -0.39 is 0 Å². The van der Waals surface area contributed by atoms with Gasteiger partial charge >= 0.3 is 12.1 Å². The van der Waals surface area contributed by atoms with Crippen LogP contribution in [0.4, 0.5) is 16.5 Å². The van der Waals surface area contributed by atoms with Gasteiger partial charge in [0, 0.05) is 38.4 Å². The second-order valence-electron chi connectivity index (χ2n) is 9.01. The summed E-state index contributed by atoms with van der Waals surface area (Å²) in [4.78, 5) is 16.3. The lowest BCUT2D eigenvalue weighted by Crippen LogP contribution is -2.48. The van der Waals surface area contributed by atoms with Gasteiger partial charge in [0.15, 0.2) is 0 Å². The van der Waals surface area contributed by atoms with E-state index in [1.165, 1.54) is 11.1 Å². The zero-order chi connectivity index (χ0) is 22.7. The van der Waals surface area contributed by atoms with Crippen LogP contribution in [0.5, 0.6) is 0 Å². The SMILES string of the molecule is Cc1cc(CN2CCN(C(=O)OC(C)C)CC2)c(C)c(Nc2nnc([C@@H]3CCCN3)o2)c1. The Hall–Kier alpha value is -2.65. The van der Waals surface area contributed by atoms with Gasteiger partial charge < -0.3 is 24.7 Å². The molecule has 32 heavy (non-hydrogen) atoms. The first-order valence-electron chi connectivity index (χ1n) is 11.5. The molecule has 3 heterocycles. The van der Waals surface area contributed by atoms with Crippen LogP contribution in [-0.4, -0.2) is 64.9 Å². The highest BCUT2D eigenvalue weighted by Crippen LogP contribution is 2.28. The smallest absolute Gasteiger partial charge is 0.410 e. The Morgan fingerprint density at radius 3 is 2.72 bits per heavy atom. The van der Waals surface area contributed by atoms with E-state index in [0.29, 0.717) is 25.0 Å². The zero-order valence-corrected chi connectivity index (χ0v) is 19.5. The summed E-state index contributed by atoms with van der Waals surface area (Å²) >= 11 is 0. The predicted octanol–water partition coefficient (Wildman–Crippen LogP) is 3.52. The molecule has 0 spiro atoms. The molecule has 1 atom stereocenters. The van der Waals surface area contributed by atoms with Crippen LogP contribution in [0.2, 0.25) is 0 Å². The van der Waals surface area contributed by atoms with Crippen molar-refractivity contribution >= 4 is 17.8 Å². The molecule has 0 radical (unpaired) electrons. The first-order chi connectivity index (χ1) is 15.4. The molecular formula is C23H34N6O3. The molecule has 0 saturated carbocycles. The molecule has 9 nitrogen and oxygen atoms in total. The van der Waals surface area contributed by atoms with Gasteiger partial charge in [-0.15, -0.1) is 5.10 Å². The molecule has 2 N–H and O–H groups in total. The average molecular weight is 443 g/mol. The normalized spacial score (nSPS) is 19.5. The molecule has 174 valence electrons. The zero-order valence-electron chi connectivity index (χ0n) is 19.5. The van der Waals surface area contributed by atoms with Crippen LogP contribution in [0.1, 0.15) is 55.3 Å². The van der Waals surface area contributed by atoms with Crippen LogP contribution < -0.4 is 10.6 Å². The Morgan fingerprint density at radius 1 is 1.25 bits per heavy atom. The summed E-state index contributed by atoms with van der Waals surface area (Å²) in [6, 6.07) is 4.91. The van der Waals surface area contributed by atoms with Gasteiger partial charge in [-0.25, -0.2) is 4.79 Å². The van der Waals surface area contributed by atoms with Crippen molar-refractivity contribution in [3.05, 3.63) is 34.7 Å². The maximum absolute atomic E-state index is 12.1. The fourth-order valence-corrected chi connectivity index (χ4v) is 4.27. The third-order valence-corrected chi connectivity index (χ3v) is 6.06. The number of benzene rings is 1. The van der Waals surface area contributed by atoms with Gasteiger partial charge in [0.1, 0.15) is 0 Å². The van der Waals surface area contributed by atoms with E-state index in [2.05, 4.69) is 51.7 Å². The van der Waals surface area contributed by atoms with Gasteiger partial charge in [-0.05, 0) is 69.8 Å². The van der Waals surface area contributed by atoms with Crippen molar-refractivity contribution in [1.29, 1.82) is 0 Å². The molecule has 2 saturated heterocycles. The minimum Gasteiger partial charge on any atom is -0.447 e. The van der Waals surface area contributed by atoms with E-state index in [-0.39, 0.29) is 18.2 Å². The number of amides is 1. The first-order valence-corrected chi connectivity index (χ1v) is 11.5. The lowest BCUT2D eigenvalue weighted by molar-refractivity contribution is 0.0559. The van der Waals surface area contributed by atoms with Crippen molar-refractivity contribution in [2.75, 3.05) is 38.0 Å². The van der Waals surface area contributed by atoms with Crippen molar-refractivity contribution < 1.29 is 13.9 Å². The number of carbonyl (C=O) groups excluding carboxylic acids is 1. The highest BCUT2D eigenvalue weighted by molar-refractivity contribution is 5.68. The number of ether oxygens (including phenoxy) is 1. The van der Waals surface area contributed by atoms with Gasteiger partial charge in [0.2, 0.25) is 5.89 Å². The standard InChI is InChI=1S/C23H34N6O3/c1-15(2)31-23(30)29-10-8-28(9-11-29)14-18-12-16(3)13-20(17(18)4)25-22-27-26-21(32-22)19-6-5-7-24-19/h12-13,15,19,24H,5-11,14H2,1-4H3,(H,25,27)/t19-/m0/s1. The van der Waals surface area contributed by atoms with E-state index >= 15 is 0 Å². The quantitative estimate of drug-likeness (QED) is 0.702. The van der Waals surface area contributed by atoms with Gasteiger partial charge in [0.25, 0.3) is 0 Å². The Kier molecular flexibility index (Phi) is 6.95. The molecule has 0 unspecified atom stereocenters. The van der Waals surface area contributed by atoms with Crippen LogP contribution in [-0.2, 0) is 11.3 Å². The minimum absolute atomic E-state index is 0.0919. The third-order valence-electron chi connectivity index (χ3n) is 6.06. The Bertz CT molecular complexity index is 930. The second-order valence-corrected chi connectivity index (χ2v) is 9.01. The Morgan fingerprint density at radius 2 is 2.03 bits per heavy atom. The first kappa shape index (κ1) is 22.5. The molecule has 2 aliphatic rings. The largest absolute Gasteiger partial charge is 0.447 e. The van der Waals surface area contributed by atoms with E-state index in [4.69, 9.17) is 9.15 Å². The molecule has 2 aromatic rings. The molecule has 0 bridgehead atoms.